The van der Waals surface area contributed by atoms with Crippen LogP contribution in [0.25, 0.3) is 27.9 Å². The van der Waals surface area contributed by atoms with Crippen LogP contribution >= 0.6 is 11.8 Å². The number of hydrogen-bond donors (Lipinski definition) is 1. The fraction of sp³-hybridized carbons (Fsp3) is 0.167. The van der Waals surface area contributed by atoms with Crippen molar-refractivity contribution in [2.45, 2.75) is 12.1 Å². The Morgan fingerprint density at radius 1 is 1.04 bits per heavy atom. The quantitative estimate of drug-likeness (QED) is 0.457. The molecule has 1 N–H and O–H groups in total. The number of rotatable bonds is 4. The highest BCUT2D eigenvalue weighted by atomic mass is 32.2. The molecule has 2 aromatic heterocycles. The Morgan fingerprint density at radius 2 is 1.83 bits per heavy atom. The van der Waals surface area contributed by atoms with Gasteiger partial charge in [-0.1, -0.05) is 53.7 Å². The van der Waals surface area contributed by atoms with Gasteiger partial charge in [0.2, 0.25) is 0 Å². The standard InChI is InChI=1S/C18H16N4OS/c1-12-6-8-13(9-7-12)16-20-17-14-4-2-3-5-15(14)19-18(22(17)21-16)24-11-10-23/h2-9,23H,10-11H2,1H3. The molecule has 6 heteroatoms. The molecule has 0 fully saturated rings. The average Bonchev–Trinajstić information content (AvgIpc) is 3.06. The number of thioether (sulfide) groups is 1. The van der Waals surface area contributed by atoms with Crippen LogP contribution in [0, 0.1) is 6.92 Å². The van der Waals surface area contributed by atoms with Crippen LogP contribution in [0.3, 0.4) is 0 Å². The zero-order valence-corrected chi connectivity index (χ0v) is 14.0. The van der Waals surface area contributed by atoms with Gasteiger partial charge in [0.15, 0.2) is 16.6 Å². The minimum atomic E-state index is 0.0974. The molecule has 0 saturated carbocycles. The predicted octanol–water partition coefficient (Wildman–Crippen LogP) is 3.34. The SMILES string of the molecule is Cc1ccc(-c2nc3c4ccccc4nc(SCCO)n3n2)cc1. The first-order valence-electron chi connectivity index (χ1n) is 7.72. The zero-order valence-electron chi connectivity index (χ0n) is 13.2. The summed E-state index contributed by atoms with van der Waals surface area (Å²) in [4.78, 5) is 9.42. The second kappa shape index (κ2) is 6.22. The molecule has 0 amide bonds. The van der Waals surface area contributed by atoms with E-state index in [2.05, 4.69) is 29.1 Å². The molecule has 0 unspecified atom stereocenters. The van der Waals surface area contributed by atoms with Gasteiger partial charge in [0.25, 0.3) is 0 Å². The predicted molar refractivity (Wildman–Crippen MR) is 96.3 cm³/mol. The van der Waals surface area contributed by atoms with Gasteiger partial charge < -0.3 is 5.11 Å². The van der Waals surface area contributed by atoms with Crippen molar-refractivity contribution < 1.29 is 5.11 Å². The van der Waals surface area contributed by atoms with E-state index in [1.165, 1.54) is 17.3 Å². The number of aromatic nitrogens is 4. The average molecular weight is 336 g/mol. The van der Waals surface area contributed by atoms with Crippen LogP contribution in [-0.4, -0.2) is 37.0 Å². The normalized spacial score (nSPS) is 11.4. The molecular formula is C18H16N4OS. The number of fused-ring (bicyclic) bond motifs is 3. The van der Waals surface area contributed by atoms with Gasteiger partial charge in [-0.2, -0.15) is 4.52 Å². The van der Waals surface area contributed by atoms with Gasteiger partial charge in [0, 0.05) is 16.7 Å². The van der Waals surface area contributed by atoms with Gasteiger partial charge in [-0.05, 0) is 19.1 Å². The fourth-order valence-corrected chi connectivity index (χ4v) is 3.27. The highest BCUT2D eigenvalue weighted by Crippen LogP contribution is 2.26. The molecule has 0 bridgehead atoms. The van der Waals surface area contributed by atoms with E-state index in [-0.39, 0.29) is 6.61 Å². The van der Waals surface area contributed by atoms with Crippen LogP contribution in [-0.2, 0) is 0 Å². The van der Waals surface area contributed by atoms with Crippen LogP contribution in [0.2, 0.25) is 0 Å². The molecule has 4 aromatic rings. The van der Waals surface area contributed by atoms with E-state index in [0.717, 1.165) is 27.3 Å². The third-order valence-electron chi connectivity index (χ3n) is 3.78. The van der Waals surface area contributed by atoms with Crippen molar-refractivity contribution >= 4 is 28.3 Å². The Balaban J connectivity index is 1.95. The molecule has 120 valence electrons. The van der Waals surface area contributed by atoms with Crippen LogP contribution in [0.1, 0.15) is 5.56 Å². The van der Waals surface area contributed by atoms with Crippen molar-refractivity contribution in [3.63, 3.8) is 0 Å². The highest BCUT2D eigenvalue weighted by Gasteiger charge is 2.14. The third kappa shape index (κ3) is 2.64. The van der Waals surface area contributed by atoms with Crippen LogP contribution < -0.4 is 0 Å². The highest BCUT2D eigenvalue weighted by molar-refractivity contribution is 7.99. The summed E-state index contributed by atoms with van der Waals surface area (Å²) < 4.78 is 1.78. The fourth-order valence-electron chi connectivity index (χ4n) is 2.59. The number of benzene rings is 2. The lowest BCUT2D eigenvalue weighted by Crippen LogP contribution is -1.99. The van der Waals surface area contributed by atoms with Crippen molar-refractivity contribution in [2.24, 2.45) is 0 Å². The monoisotopic (exact) mass is 336 g/mol. The van der Waals surface area contributed by atoms with E-state index >= 15 is 0 Å². The molecule has 0 spiro atoms. The molecule has 4 rings (SSSR count). The Kier molecular flexibility index (Phi) is 3.92. The maximum absolute atomic E-state index is 9.13. The summed E-state index contributed by atoms with van der Waals surface area (Å²) in [5.41, 5.74) is 3.85. The van der Waals surface area contributed by atoms with Gasteiger partial charge in [-0.3, -0.25) is 0 Å². The van der Waals surface area contributed by atoms with Crippen LogP contribution in [0.15, 0.2) is 53.7 Å². The van der Waals surface area contributed by atoms with Crippen LogP contribution in [0.4, 0.5) is 0 Å². The van der Waals surface area contributed by atoms with E-state index in [4.69, 9.17) is 10.1 Å². The zero-order chi connectivity index (χ0) is 16.5. The molecule has 2 aromatic carbocycles. The largest absolute Gasteiger partial charge is 0.396 e. The summed E-state index contributed by atoms with van der Waals surface area (Å²) in [6, 6.07) is 16.1. The Bertz CT molecular complexity index is 1010. The summed E-state index contributed by atoms with van der Waals surface area (Å²) in [6.07, 6.45) is 0. The number of hydrogen-bond acceptors (Lipinski definition) is 5. The Labute approximate surface area is 143 Å². The molecular weight excluding hydrogens is 320 g/mol. The topological polar surface area (TPSA) is 63.3 Å². The molecule has 0 saturated heterocycles. The maximum atomic E-state index is 9.13. The van der Waals surface area contributed by atoms with Gasteiger partial charge in [-0.15, -0.1) is 5.10 Å². The van der Waals surface area contributed by atoms with E-state index in [9.17, 15) is 0 Å². The lowest BCUT2D eigenvalue weighted by molar-refractivity contribution is 0.322. The third-order valence-corrected chi connectivity index (χ3v) is 4.69. The van der Waals surface area contributed by atoms with Crippen molar-refractivity contribution in [3.05, 3.63) is 54.1 Å². The second-order valence-corrected chi connectivity index (χ2v) is 6.58. The summed E-state index contributed by atoms with van der Waals surface area (Å²) in [5.74, 6) is 1.25. The number of aryl methyl sites for hydroxylation is 1. The molecule has 0 radical (unpaired) electrons. The Hall–Kier alpha value is -2.44. The number of aliphatic hydroxyl groups is 1. The first kappa shape index (κ1) is 15.1. The Morgan fingerprint density at radius 3 is 2.62 bits per heavy atom. The smallest absolute Gasteiger partial charge is 0.191 e. The molecule has 24 heavy (non-hydrogen) atoms. The van der Waals surface area contributed by atoms with E-state index < -0.39 is 0 Å². The van der Waals surface area contributed by atoms with Crippen molar-refractivity contribution in [2.75, 3.05) is 12.4 Å². The minimum absolute atomic E-state index is 0.0974. The van der Waals surface area contributed by atoms with Gasteiger partial charge in [0.05, 0.1) is 12.1 Å². The molecule has 0 aliphatic rings. The second-order valence-electron chi connectivity index (χ2n) is 5.52. The van der Waals surface area contributed by atoms with E-state index in [0.29, 0.717) is 11.6 Å². The first-order chi connectivity index (χ1) is 11.8. The van der Waals surface area contributed by atoms with Crippen molar-refractivity contribution in [1.29, 1.82) is 0 Å². The van der Waals surface area contributed by atoms with E-state index in [1.807, 2.05) is 36.4 Å². The molecule has 2 heterocycles. The van der Waals surface area contributed by atoms with Gasteiger partial charge >= 0.3 is 0 Å². The molecule has 0 aliphatic carbocycles. The van der Waals surface area contributed by atoms with Crippen molar-refractivity contribution in [3.8, 4) is 11.4 Å². The summed E-state index contributed by atoms with van der Waals surface area (Å²) >= 11 is 1.48. The number of aliphatic hydroxyl groups excluding tert-OH is 1. The number of nitrogens with zero attached hydrogens (tertiary/aromatic N) is 4. The van der Waals surface area contributed by atoms with Gasteiger partial charge in [0.1, 0.15) is 0 Å². The van der Waals surface area contributed by atoms with Gasteiger partial charge in [-0.25, -0.2) is 9.97 Å². The first-order valence-corrected chi connectivity index (χ1v) is 8.71. The summed E-state index contributed by atoms with van der Waals surface area (Å²) in [5, 5.41) is 15.5. The molecule has 0 aliphatic heterocycles. The maximum Gasteiger partial charge on any atom is 0.191 e. The van der Waals surface area contributed by atoms with Crippen molar-refractivity contribution in [1.82, 2.24) is 19.6 Å². The summed E-state index contributed by atoms with van der Waals surface area (Å²) in [6.45, 7) is 2.15. The number of para-hydroxylation sites is 1. The van der Waals surface area contributed by atoms with E-state index in [1.54, 1.807) is 4.52 Å². The lowest BCUT2D eigenvalue weighted by atomic mass is 10.1. The minimum Gasteiger partial charge on any atom is -0.396 e. The lowest BCUT2D eigenvalue weighted by Gasteiger charge is -2.04. The van der Waals surface area contributed by atoms with Crippen LogP contribution in [0.5, 0.6) is 0 Å². The molecule has 5 nitrogen and oxygen atoms in total. The molecule has 0 atom stereocenters. The summed E-state index contributed by atoms with van der Waals surface area (Å²) in [7, 11) is 0.